The average Bonchev–Trinajstić information content (AvgIpc) is 3.40. The van der Waals surface area contributed by atoms with E-state index in [0.717, 1.165) is 32.7 Å². The van der Waals surface area contributed by atoms with Crippen molar-refractivity contribution in [3.8, 4) is 16.9 Å². The number of benzene rings is 2. The number of aromatic nitrogens is 3. The van der Waals surface area contributed by atoms with E-state index in [1.165, 1.54) is 12.1 Å². The molecule has 0 fully saturated rings. The predicted molar refractivity (Wildman–Crippen MR) is 112 cm³/mol. The first-order valence-corrected chi connectivity index (χ1v) is 10.2. The number of rotatable bonds is 5. The monoisotopic (exact) mass is 442 g/mol. The molecular weight excluding hydrogens is 425 g/mol. The smallest absolute Gasteiger partial charge is 0.348 e. The summed E-state index contributed by atoms with van der Waals surface area (Å²) in [5, 5.41) is 9.27. The zero-order chi connectivity index (χ0) is 22.0. The summed E-state index contributed by atoms with van der Waals surface area (Å²) in [6.07, 6.45) is -3.80. The Morgan fingerprint density at radius 3 is 2.42 bits per heavy atom. The van der Waals surface area contributed by atoms with E-state index in [-0.39, 0.29) is 12.2 Å². The van der Waals surface area contributed by atoms with Gasteiger partial charge in [-0.1, -0.05) is 42.5 Å². The van der Waals surface area contributed by atoms with Gasteiger partial charge in [-0.05, 0) is 24.6 Å². The van der Waals surface area contributed by atoms with E-state index in [2.05, 4.69) is 15.4 Å². The third-order valence-electron chi connectivity index (χ3n) is 4.60. The molecule has 1 amide bonds. The van der Waals surface area contributed by atoms with Crippen LogP contribution in [0.15, 0.2) is 66.2 Å². The van der Waals surface area contributed by atoms with Crippen molar-refractivity contribution < 1.29 is 18.0 Å². The fourth-order valence-corrected chi connectivity index (χ4v) is 3.74. The summed E-state index contributed by atoms with van der Waals surface area (Å²) in [6, 6.07) is 15.2. The van der Waals surface area contributed by atoms with Gasteiger partial charge in [0.1, 0.15) is 0 Å². The second-order valence-corrected chi connectivity index (χ2v) is 7.85. The van der Waals surface area contributed by atoms with Gasteiger partial charge in [0.05, 0.1) is 28.1 Å². The van der Waals surface area contributed by atoms with Crippen LogP contribution in [0.3, 0.4) is 0 Å². The minimum absolute atomic E-state index is 0.0863. The van der Waals surface area contributed by atoms with Crippen molar-refractivity contribution in [3.05, 3.63) is 88.0 Å². The van der Waals surface area contributed by atoms with Gasteiger partial charge in [-0.3, -0.25) is 4.79 Å². The van der Waals surface area contributed by atoms with Gasteiger partial charge in [0.2, 0.25) is 0 Å². The Morgan fingerprint density at radius 2 is 1.81 bits per heavy atom. The number of halogens is 3. The highest BCUT2D eigenvalue weighted by molar-refractivity contribution is 7.09. The van der Waals surface area contributed by atoms with Gasteiger partial charge in [-0.2, -0.15) is 18.3 Å². The molecular formula is C22H17F3N4OS. The van der Waals surface area contributed by atoms with Crippen LogP contribution < -0.4 is 5.32 Å². The lowest BCUT2D eigenvalue weighted by Gasteiger charge is -2.13. The van der Waals surface area contributed by atoms with Gasteiger partial charge in [-0.25, -0.2) is 9.67 Å². The quantitative estimate of drug-likeness (QED) is 0.459. The highest BCUT2D eigenvalue weighted by Crippen LogP contribution is 2.33. The van der Waals surface area contributed by atoms with Crippen molar-refractivity contribution >= 4 is 17.2 Å². The number of aryl methyl sites for hydroxylation is 1. The van der Waals surface area contributed by atoms with E-state index in [1.54, 1.807) is 29.5 Å². The minimum atomic E-state index is -4.74. The first-order chi connectivity index (χ1) is 14.8. The molecule has 0 aliphatic rings. The molecule has 0 radical (unpaired) electrons. The molecule has 1 N–H and O–H groups in total. The van der Waals surface area contributed by atoms with Crippen LogP contribution in [0.2, 0.25) is 0 Å². The van der Waals surface area contributed by atoms with Gasteiger partial charge in [0, 0.05) is 17.5 Å². The van der Waals surface area contributed by atoms with Gasteiger partial charge in [0.25, 0.3) is 5.91 Å². The van der Waals surface area contributed by atoms with Crippen LogP contribution in [0.1, 0.15) is 26.6 Å². The number of para-hydroxylation sites is 1. The van der Waals surface area contributed by atoms with E-state index in [1.807, 2.05) is 36.6 Å². The first-order valence-electron chi connectivity index (χ1n) is 9.33. The molecule has 0 atom stereocenters. The maximum atomic E-state index is 13.7. The molecule has 4 rings (SSSR count). The zero-order valence-corrected chi connectivity index (χ0v) is 17.2. The number of hydrogen-bond acceptors (Lipinski definition) is 4. The number of carbonyl (C=O) groups is 1. The second kappa shape index (κ2) is 8.35. The molecule has 0 saturated heterocycles. The second-order valence-electron chi connectivity index (χ2n) is 6.78. The molecule has 4 aromatic rings. The molecule has 0 aliphatic heterocycles. The molecule has 0 spiro atoms. The maximum absolute atomic E-state index is 13.7. The molecule has 5 nitrogen and oxygen atoms in total. The molecule has 2 aromatic heterocycles. The van der Waals surface area contributed by atoms with Crippen LogP contribution in [-0.4, -0.2) is 20.7 Å². The van der Waals surface area contributed by atoms with E-state index in [0.29, 0.717) is 0 Å². The first kappa shape index (κ1) is 20.8. The van der Waals surface area contributed by atoms with Crippen molar-refractivity contribution in [3.63, 3.8) is 0 Å². The zero-order valence-electron chi connectivity index (χ0n) is 16.3. The largest absolute Gasteiger partial charge is 0.434 e. The Labute approximate surface area is 180 Å². The SMILES string of the molecule is Cc1nc(-c2ccc(CNC(=O)c3cnn(-c4ccccc4)c3C(F)(F)F)cc2)cs1. The normalized spacial score (nSPS) is 11.5. The summed E-state index contributed by atoms with van der Waals surface area (Å²) in [6.45, 7) is 2.01. The summed E-state index contributed by atoms with van der Waals surface area (Å²) in [5.74, 6) is -0.839. The fraction of sp³-hybridized carbons (Fsp3) is 0.136. The van der Waals surface area contributed by atoms with Gasteiger partial charge in [-0.15, -0.1) is 11.3 Å². The summed E-state index contributed by atoms with van der Waals surface area (Å²) in [4.78, 5) is 17.0. The Morgan fingerprint density at radius 1 is 1.10 bits per heavy atom. The van der Waals surface area contributed by atoms with Gasteiger partial charge >= 0.3 is 6.18 Å². The molecule has 0 aliphatic carbocycles. The molecule has 0 bridgehead atoms. The molecule has 31 heavy (non-hydrogen) atoms. The molecule has 0 saturated carbocycles. The number of nitrogens with zero attached hydrogens (tertiary/aromatic N) is 3. The van der Waals surface area contributed by atoms with Gasteiger partial charge < -0.3 is 5.32 Å². The molecule has 9 heteroatoms. The number of nitrogens with one attached hydrogen (secondary N) is 1. The summed E-state index contributed by atoms with van der Waals surface area (Å²) < 4.78 is 41.9. The molecule has 2 heterocycles. The third kappa shape index (κ3) is 4.51. The summed E-state index contributed by atoms with van der Waals surface area (Å²) >= 11 is 1.55. The molecule has 2 aromatic carbocycles. The van der Waals surface area contributed by atoms with Gasteiger partial charge in [0.15, 0.2) is 5.69 Å². The van der Waals surface area contributed by atoms with Crippen molar-refractivity contribution in [1.29, 1.82) is 0 Å². The number of thiazole rings is 1. The maximum Gasteiger partial charge on any atom is 0.434 e. The average molecular weight is 442 g/mol. The van der Waals surface area contributed by atoms with E-state index in [4.69, 9.17) is 0 Å². The number of alkyl halides is 3. The Hall–Kier alpha value is -3.46. The highest BCUT2D eigenvalue weighted by atomic mass is 32.1. The summed E-state index contributed by atoms with van der Waals surface area (Å²) in [7, 11) is 0. The lowest BCUT2D eigenvalue weighted by Crippen LogP contribution is -2.26. The molecule has 158 valence electrons. The Bertz CT molecular complexity index is 1200. The number of amides is 1. The Balaban J connectivity index is 1.52. The van der Waals surface area contributed by atoms with Crippen molar-refractivity contribution in [2.75, 3.05) is 0 Å². The van der Waals surface area contributed by atoms with E-state index >= 15 is 0 Å². The van der Waals surface area contributed by atoms with Crippen molar-refractivity contribution in [2.45, 2.75) is 19.6 Å². The minimum Gasteiger partial charge on any atom is -0.348 e. The van der Waals surface area contributed by atoms with Crippen molar-refractivity contribution in [1.82, 2.24) is 20.1 Å². The Kier molecular flexibility index (Phi) is 5.60. The topological polar surface area (TPSA) is 59.8 Å². The van der Waals surface area contributed by atoms with Crippen LogP contribution in [0.4, 0.5) is 13.2 Å². The number of hydrogen-bond donors (Lipinski definition) is 1. The third-order valence-corrected chi connectivity index (χ3v) is 5.38. The summed E-state index contributed by atoms with van der Waals surface area (Å²) in [5.41, 5.74) is 1.15. The lowest BCUT2D eigenvalue weighted by atomic mass is 10.1. The van der Waals surface area contributed by atoms with E-state index < -0.39 is 23.3 Å². The predicted octanol–water partition coefficient (Wildman–Crippen LogP) is 5.25. The van der Waals surface area contributed by atoms with Crippen LogP contribution in [0.25, 0.3) is 16.9 Å². The standard InChI is InChI=1S/C22H17F3N4OS/c1-14-28-19(13-31-14)16-9-7-15(8-10-16)11-26-21(30)18-12-27-29(20(18)22(23,24)25)17-5-3-2-4-6-17/h2-10,12-13H,11H2,1H3,(H,26,30). The highest BCUT2D eigenvalue weighted by Gasteiger charge is 2.40. The van der Waals surface area contributed by atoms with Crippen LogP contribution in [0, 0.1) is 6.92 Å². The number of carbonyl (C=O) groups excluding carboxylic acids is 1. The van der Waals surface area contributed by atoms with Crippen LogP contribution in [-0.2, 0) is 12.7 Å². The molecule has 0 unspecified atom stereocenters. The van der Waals surface area contributed by atoms with Crippen molar-refractivity contribution in [2.24, 2.45) is 0 Å². The van der Waals surface area contributed by atoms with Crippen LogP contribution >= 0.6 is 11.3 Å². The van der Waals surface area contributed by atoms with Crippen LogP contribution in [0.5, 0.6) is 0 Å². The lowest BCUT2D eigenvalue weighted by molar-refractivity contribution is -0.143. The van der Waals surface area contributed by atoms with E-state index in [9.17, 15) is 18.0 Å². The fourth-order valence-electron chi connectivity index (χ4n) is 3.12.